The molecule has 0 spiro atoms. The molecule has 13 heteroatoms. The molecule has 8 nitrogen and oxygen atoms in total. The zero-order valence-corrected chi connectivity index (χ0v) is 19.5. The van der Waals surface area contributed by atoms with Gasteiger partial charge in [0, 0.05) is 30.2 Å². The van der Waals surface area contributed by atoms with Crippen LogP contribution in [0.25, 0.3) is 0 Å². The Morgan fingerprint density at radius 3 is 2.55 bits per heavy atom. The largest absolute Gasteiger partial charge is 0.573 e. The van der Waals surface area contributed by atoms with Gasteiger partial charge in [-0.05, 0) is 36.8 Å². The van der Waals surface area contributed by atoms with Gasteiger partial charge >= 0.3 is 6.36 Å². The number of phenols is 2. The van der Waals surface area contributed by atoms with Gasteiger partial charge in [0.1, 0.15) is 22.1 Å². The van der Waals surface area contributed by atoms with Crippen LogP contribution in [0.5, 0.6) is 17.2 Å². The van der Waals surface area contributed by atoms with Crippen LogP contribution in [0.3, 0.4) is 0 Å². The van der Waals surface area contributed by atoms with Gasteiger partial charge in [-0.25, -0.2) is 8.42 Å². The van der Waals surface area contributed by atoms with E-state index in [1.54, 1.807) is 0 Å². The van der Waals surface area contributed by atoms with Gasteiger partial charge in [-0.15, -0.1) is 13.2 Å². The van der Waals surface area contributed by atoms with Crippen LogP contribution in [0.4, 0.5) is 13.2 Å². The van der Waals surface area contributed by atoms with E-state index in [2.05, 4.69) is 20.7 Å². The van der Waals surface area contributed by atoms with Crippen molar-refractivity contribution in [1.82, 2.24) is 4.90 Å². The van der Waals surface area contributed by atoms with E-state index < -0.39 is 61.1 Å². The molecule has 2 N–H and O–H groups in total. The number of sulfone groups is 1. The van der Waals surface area contributed by atoms with Gasteiger partial charge < -0.3 is 24.6 Å². The van der Waals surface area contributed by atoms with Gasteiger partial charge in [0.2, 0.25) is 0 Å². The highest BCUT2D eigenvalue weighted by Gasteiger charge is 2.34. The lowest BCUT2D eigenvalue weighted by atomic mass is 10.1. The Bertz CT molecular complexity index is 1170. The van der Waals surface area contributed by atoms with Gasteiger partial charge in [0.15, 0.2) is 9.84 Å². The summed E-state index contributed by atoms with van der Waals surface area (Å²) in [6.45, 7) is 0.388. The van der Waals surface area contributed by atoms with E-state index in [-0.39, 0.29) is 19.2 Å². The third kappa shape index (κ3) is 5.89. The fourth-order valence-corrected chi connectivity index (χ4v) is 5.42. The minimum absolute atomic E-state index is 0.151. The molecule has 1 atom stereocenters. The Balaban J connectivity index is 2.05. The van der Waals surface area contributed by atoms with E-state index in [9.17, 15) is 36.6 Å². The second kappa shape index (κ2) is 9.39. The van der Waals surface area contributed by atoms with Gasteiger partial charge in [-0.3, -0.25) is 4.79 Å². The zero-order chi connectivity index (χ0) is 24.6. The average molecular weight is 554 g/mol. The number of halogens is 4. The van der Waals surface area contributed by atoms with Crippen molar-refractivity contribution in [3.8, 4) is 17.2 Å². The second-order valence-electron chi connectivity index (χ2n) is 7.30. The van der Waals surface area contributed by atoms with Crippen LogP contribution in [0, 0.1) is 0 Å². The smallest absolute Gasteiger partial charge is 0.507 e. The zero-order valence-electron chi connectivity index (χ0n) is 17.1. The van der Waals surface area contributed by atoms with Crippen molar-refractivity contribution in [1.29, 1.82) is 0 Å². The third-order valence-corrected chi connectivity index (χ3v) is 7.18. The van der Waals surface area contributed by atoms with Crippen LogP contribution >= 0.6 is 15.9 Å². The van der Waals surface area contributed by atoms with Crippen molar-refractivity contribution < 1.29 is 46.1 Å². The Labute approximate surface area is 195 Å². The van der Waals surface area contributed by atoms with Crippen molar-refractivity contribution in [2.24, 2.45) is 0 Å². The predicted octanol–water partition coefficient (Wildman–Crippen LogP) is 3.59. The van der Waals surface area contributed by atoms with Crippen LogP contribution in [0.15, 0.2) is 39.7 Å². The molecular formula is C20H19BrF3NO7S. The maximum absolute atomic E-state index is 12.9. The first-order valence-electron chi connectivity index (χ1n) is 9.45. The third-order valence-electron chi connectivity index (χ3n) is 4.99. The number of hydrogen-bond donors (Lipinski definition) is 2. The molecule has 1 aliphatic rings. The Morgan fingerprint density at radius 1 is 1.24 bits per heavy atom. The summed E-state index contributed by atoms with van der Waals surface area (Å²) in [7, 11) is -2.89. The number of phenolic OH excluding ortho intramolecular Hbond substituents is 2. The number of hydrogen-bond acceptors (Lipinski definition) is 7. The summed E-state index contributed by atoms with van der Waals surface area (Å²) in [4.78, 5) is 13.7. The van der Waals surface area contributed by atoms with Crippen LogP contribution in [0.1, 0.15) is 22.3 Å². The minimum atomic E-state index is -5.12. The number of methoxy groups -OCH3 is 1. The van der Waals surface area contributed by atoms with Crippen LogP contribution in [0.2, 0.25) is 0 Å². The molecule has 0 saturated carbocycles. The molecule has 0 aliphatic carbocycles. The van der Waals surface area contributed by atoms with Crippen molar-refractivity contribution in [2.75, 3.05) is 20.2 Å². The second-order valence-corrected chi connectivity index (χ2v) is 10.2. The van der Waals surface area contributed by atoms with E-state index in [0.717, 1.165) is 12.1 Å². The van der Waals surface area contributed by atoms with Crippen molar-refractivity contribution in [3.63, 3.8) is 0 Å². The Morgan fingerprint density at radius 2 is 1.94 bits per heavy atom. The summed E-state index contributed by atoms with van der Waals surface area (Å²) in [5.41, 5.74) is -1.04. The molecule has 33 heavy (non-hydrogen) atoms. The SMILES string of the molecule is COC1CCN(C(=O)c2cc(OC(F)(F)F)cc(CS(=O)(=O)c3cc(Br)ccc3O)c2O)C1. The number of benzene rings is 2. The van der Waals surface area contributed by atoms with Gasteiger partial charge in [0.25, 0.3) is 5.91 Å². The molecule has 2 aromatic rings. The topological polar surface area (TPSA) is 113 Å². The van der Waals surface area contributed by atoms with E-state index in [1.165, 1.54) is 18.1 Å². The molecule has 2 aromatic carbocycles. The number of alkyl halides is 3. The molecule has 3 rings (SSSR count). The summed E-state index contributed by atoms with van der Waals surface area (Å²) in [5, 5.41) is 20.6. The molecule has 0 bridgehead atoms. The van der Waals surface area contributed by atoms with Crippen LogP contribution in [-0.2, 0) is 20.3 Å². The standard InChI is InChI=1S/C20H19BrF3NO7S/c1-31-13-4-5-25(9-13)19(28)15-8-14(32-20(22,23)24)6-11(18(15)27)10-33(29,30)17-7-12(21)2-3-16(17)26/h2-3,6-8,13,26-27H,4-5,9-10H2,1H3. The van der Waals surface area contributed by atoms with E-state index >= 15 is 0 Å². The number of carbonyl (C=O) groups is 1. The molecule has 0 aromatic heterocycles. The summed E-state index contributed by atoms with van der Waals surface area (Å²) in [5.74, 6) is -4.05. The van der Waals surface area contributed by atoms with Gasteiger partial charge in [0.05, 0.1) is 17.4 Å². The van der Waals surface area contributed by atoms with Gasteiger partial charge in [-0.2, -0.15) is 0 Å². The lowest BCUT2D eigenvalue weighted by Gasteiger charge is -2.19. The normalized spacial score (nSPS) is 16.8. The first-order valence-corrected chi connectivity index (χ1v) is 11.9. The molecule has 180 valence electrons. The number of amides is 1. The number of aromatic hydroxyl groups is 2. The molecule has 0 radical (unpaired) electrons. The molecule has 1 saturated heterocycles. The highest BCUT2D eigenvalue weighted by Crippen LogP contribution is 2.36. The summed E-state index contributed by atoms with van der Waals surface area (Å²) in [6.07, 6.45) is -4.90. The average Bonchev–Trinajstić information content (AvgIpc) is 3.19. The lowest BCUT2D eigenvalue weighted by Crippen LogP contribution is -2.30. The first-order chi connectivity index (χ1) is 15.3. The highest BCUT2D eigenvalue weighted by atomic mass is 79.9. The van der Waals surface area contributed by atoms with Crippen molar-refractivity contribution >= 4 is 31.7 Å². The molecule has 1 unspecified atom stereocenters. The number of carbonyl (C=O) groups excluding carboxylic acids is 1. The van der Waals surface area contributed by atoms with Crippen molar-refractivity contribution in [3.05, 3.63) is 45.9 Å². The summed E-state index contributed by atoms with van der Waals surface area (Å²) >= 11 is 3.08. The Hall–Kier alpha value is -2.51. The molecule has 1 amide bonds. The molecule has 1 fully saturated rings. The van der Waals surface area contributed by atoms with Crippen LogP contribution < -0.4 is 4.74 Å². The fourth-order valence-electron chi connectivity index (χ4n) is 3.43. The fraction of sp³-hybridized carbons (Fsp3) is 0.350. The van der Waals surface area contributed by atoms with Crippen LogP contribution in [-0.4, -0.2) is 62.1 Å². The Kier molecular flexibility index (Phi) is 7.15. The predicted molar refractivity (Wildman–Crippen MR) is 113 cm³/mol. The lowest BCUT2D eigenvalue weighted by molar-refractivity contribution is -0.274. The van der Waals surface area contributed by atoms with Crippen molar-refractivity contribution in [2.45, 2.75) is 29.5 Å². The number of ether oxygens (including phenoxy) is 2. The first kappa shape index (κ1) is 25.1. The van der Waals surface area contributed by atoms with E-state index in [4.69, 9.17) is 4.74 Å². The summed E-state index contributed by atoms with van der Waals surface area (Å²) in [6, 6.07) is 5.02. The monoisotopic (exact) mass is 553 g/mol. The maximum atomic E-state index is 12.9. The molecular weight excluding hydrogens is 535 g/mol. The maximum Gasteiger partial charge on any atom is 0.573 e. The number of rotatable bonds is 6. The minimum Gasteiger partial charge on any atom is -0.507 e. The molecule has 1 aliphatic heterocycles. The summed E-state index contributed by atoms with van der Waals surface area (Å²) < 4.78 is 73.7. The molecule has 1 heterocycles. The number of likely N-dealkylation sites (tertiary alicyclic amines) is 1. The van der Waals surface area contributed by atoms with E-state index in [1.807, 2.05) is 0 Å². The van der Waals surface area contributed by atoms with Gasteiger partial charge in [-0.1, -0.05) is 15.9 Å². The quantitative estimate of drug-likeness (QED) is 0.561. The highest BCUT2D eigenvalue weighted by molar-refractivity contribution is 9.10. The van der Waals surface area contributed by atoms with E-state index in [0.29, 0.717) is 23.0 Å². The number of nitrogens with zero attached hydrogens (tertiary/aromatic N) is 1.